The highest BCUT2D eigenvalue weighted by Crippen LogP contribution is 2.12. The van der Waals surface area contributed by atoms with Gasteiger partial charge in [0.2, 0.25) is 0 Å². The van der Waals surface area contributed by atoms with E-state index in [1.54, 1.807) is 0 Å². The molecular weight excluding hydrogens is 298 g/mol. The van der Waals surface area contributed by atoms with E-state index in [9.17, 15) is 4.79 Å². The van der Waals surface area contributed by atoms with E-state index in [1.165, 1.54) is 82.7 Å². The molecule has 0 aliphatic carbocycles. The summed E-state index contributed by atoms with van der Waals surface area (Å²) in [6.07, 6.45) is 18.9. The van der Waals surface area contributed by atoms with Crippen LogP contribution in [0.4, 0.5) is 0 Å². The van der Waals surface area contributed by atoms with Gasteiger partial charge in [-0.25, -0.2) is 0 Å². The number of carbonyl (C=O) groups is 1. The molecule has 2 N–H and O–H groups in total. The summed E-state index contributed by atoms with van der Waals surface area (Å²) in [5, 5.41) is 12.0. The second kappa shape index (κ2) is 18.4. The van der Waals surface area contributed by atoms with Crippen LogP contribution >= 0.6 is 0 Å². The lowest BCUT2D eigenvalue weighted by Crippen LogP contribution is -2.13. The van der Waals surface area contributed by atoms with Crippen LogP contribution in [0.1, 0.15) is 110 Å². The molecule has 142 valence electrons. The zero-order chi connectivity index (χ0) is 17.9. The first-order chi connectivity index (χ1) is 11.7. The molecule has 0 aliphatic heterocycles. The fourth-order valence-corrected chi connectivity index (χ4v) is 2.93. The molecule has 0 unspecified atom stereocenters. The smallest absolute Gasteiger partial charge is 0.303 e. The van der Waals surface area contributed by atoms with Gasteiger partial charge in [-0.1, -0.05) is 84.1 Å². The van der Waals surface area contributed by atoms with E-state index in [4.69, 9.17) is 5.11 Å². The summed E-state index contributed by atoms with van der Waals surface area (Å²) in [5.74, 6) is -0.666. The number of unbranched alkanes of at least 4 members (excludes halogenated alkanes) is 12. The molecule has 0 fully saturated rings. The van der Waals surface area contributed by atoms with Crippen LogP contribution in [0.5, 0.6) is 0 Å². The lowest BCUT2D eigenvalue weighted by Gasteiger charge is -2.09. The van der Waals surface area contributed by atoms with Crippen LogP contribution in [0.3, 0.4) is 0 Å². The van der Waals surface area contributed by atoms with Gasteiger partial charge >= 0.3 is 5.97 Å². The largest absolute Gasteiger partial charge is 0.481 e. The lowest BCUT2D eigenvalue weighted by molar-refractivity contribution is -0.137. The summed E-state index contributed by atoms with van der Waals surface area (Å²) in [4.78, 5) is 10.4. The van der Waals surface area contributed by atoms with Crippen LogP contribution < -0.4 is 5.32 Å². The Bertz CT molecular complexity index is 302. The van der Waals surface area contributed by atoms with E-state index < -0.39 is 5.97 Å². The van der Waals surface area contributed by atoms with Crippen molar-refractivity contribution in [1.29, 1.82) is 0 Å². The van der Waals surface area contributed by atoms with Crippen molar-refractivity contribution in [2.45, 2.75) is 110 Å². The van der Waals surface area contributed by atoms with E-state index in [2.05, 4.69) is 18.8 Å². The average Bonchev–Trinajstić information content (AvgIpc) is 2.55. The number of hydrogen-bond donors (Lipinski definition) is 2. The molecule has 0 rings (SSSR count). The van der Waals surface area contributed by atoms with Gasteiger partial charge in [0, 0.05) is 18.7 Å². The van der Waals surface area contributed by atoms with Crippen molar-refractivity contribution in [3.63, 3.8) is 0 Å². The molecule has 0 heterocycles. The van der Waals surface area contributed by atoms with E-state index in [1.807, 2.05) is 0 Å². The van der Waals surface area contributed by atoms with Crippen molar-refractivity contribution in [1.82, 2.24) is 5.32 Å². The number of rotatable bonds is 19. The fraction of sp³-hybridized carbons (Fsp3) is 0.857. The van der Waals surface area contributed by atoms with Crippen LogP contribution in [0.25, 0.3) is 0 Å². The molecule has 0 saturated heterocycles. The molecule has 0 bridgehead atoms. The van der Waals surface area contributed by atoms with E-state index in [-0.39, 0.29) is 0 Å². The summed E-state index contributed by atoms with van der Waals surface area (Å²) < 4.78 is 0. The Morgan fingerprint density at radius 1 is 0.750 bits per heavy atom. The van der Waals surface area contributed by atoms with Crippen molar-refractivity contribution in [2.75, 3.05) is 6.54 Å². The molecule has 0 spiro atoms. The highest BCUT2D eigenvalue weighted by Gasteiger charge is 1.98. The Hall–Kier alpha value is -0.990. The zero-order valence-electron chi connectivity index (χ0n) is 16.1. The number of hydrogen-bond acceptors (Lipinski definition) is 2. The van der Waals surface area contributed by atoms with Gasteiger partial charge in [0.15, 0.2) is 0 Å². The lowest BCUT2D eigenvalue weighted by atomic mass is 10.1. The van der Waals surface area contributed by atoms with Gasteiger partial charge in [-0.05, 0) is 25.7 Å². The SMILES string of the molecule is C=C(CCCCCCCCCCC(=O)O)NCCCCCCCC. The Morgan fingerprint density at radius 2 is 1.21 bits per heavy atom. The van der Waals surface area contributed by atoms with Crippen molar-refractivity contribution in [3.8, 4) is 0 Å². The van der Waals surface area contributed by atoms with Crippen LogP contribution in [-0.2, 0) is 4.79 Å². The van der Waals surface area contributed by atoms with Gasteiger partial charge in [-0.15, -0.1) is 0 Å². The monoisotopic (exact) mass is 339 g/mol. The molecule has 3 nitrogen and oxygen atoms in total. The molecule has 0 radical (unpaired) electrons. The maximum Gasteiger partial charge on any atom is 0.303 e. The minimum Gasteiger partial charge on any atom is -0.481 e. The molecule has 0 aromatic carbocycles. The summed E-state index contributed by atoms with van der Waals surface area (Å²) in [5.41, 5.74) is 1.21. The molecule has 0 saturated carbocycles. The van der Waals surface area contributed by atoms with Crippen molar-refractivity contribution in [3.05, 3.63) is 12.3 Å². The van der Waals surface area contributed by atoms with Crippen molar-refractivity contribution in [2.24, 2.45) is 0 Å². The Balaban J connectivity index is 3.16. The van der Waals surface area contributed by atoms with E-state index >= 15 is 0 Å². The molecule has 0 aromatic heterocycles. The molecule has 24 heavy (non-hydrogen) atoms. The second-order valence-electron chi connectivity index (χ2n) is 7.02. The third-order valence-corrected chi connectivity index (χ3v) is 4.52. The van der Waals surface area contributed by atoms with Gasteiger partial charge in [0.1, 0.15) is 0 Å². The first-order valence-corrected chi connectivity index (χ1v) is 10.3. The Kier molecular flexibility index (Phi) is 17.6. The predicted octanol–water partition coefficient (Wildman–Crippen LogP) is 6.44. The maximum atomic E-state index is 10.4. The number of allylic oxidation sites excluding steroid dienone is 1. The van der Waals surface area contributed by atoms with E-state index in [0.29, 0.717) is 6.42 Å². The van der Waals surface area contributed by atoms with E-state index in [0.717, 1.165) is 25.8 Å². The Morgan fingerprint density at radius 3 is 1.75 bits per heavy atom. The molecule has 0 atom stereocenters. The standard InChI is InChI=1S/C21H41NO2/c1-3-4-5-6-13-16-19-22-20(2)17-14-11-9-7-8-10-12-15-18-21(23)24/h22H,2-19H2,1H3,(H,23,24). The Labute approximate surface area is 150 Å². The number of carboxylic acids is 1. The average molecular weight is 340 g/mol. The van der Waals surface area contributed by atoms with Gasteiger partial charge in [-0.3, -0.25) is 4.79 Å². The highest BCUT2D eigenvalue weighted by molar-refractivity contribution is 5.66. The van der Waals surface area contributed by atoms with Gasteiger partial charge in [-0.2, -0.15) is 0 Å². The fourth-order valence-electron chi connectivity index (χ4n) is 2.93. The molecule has 0 aliphatic rings. The predicted molar refractivity (Wildman–Crippen MR) is 104 cm³/mol. The summed E-state index contributed by atoms with van der Waals surface area (Å²) in [6.45, 7) is 7.47. The number of nitrogens with one attached hydrogen (secondary N) is 1. The third-order valence-electron chi connectivity index (χ3n) is 4.52. The zero-order valence-corrected chi connectivity index (χ0v) is 16.1. The molecule has 0 amide bonds. The van der Waals surface area contributed by atoms with Gasteiger partial charge < -0.3 is 10.4 Å². The van der Waals surface area contributed by atoms with Crippen molar-refractivity contribution < 1.29 is 9.90 Å². The van der Waals surface area contributed by atoms with Crippen LogP contribution in [0.15, 0.2) is 12.3 Å². The molecule has 0 aromatic rings. The van der Waals surface area contributed by atoms with Gasteiger partial charge in [0.25, 0.3) is 0 Å². The maximum absolute atomic E-state index is 10.4. The molecule has 3 heteroatoms. The summed E-state index contributed by atoms with van der Waals surface area (Å²) >= 11 is 0. The second-order valence-corrected chi connectivity index (χ2v) is 7.02. The minimum absolute atomic E-state index is 0.327. The normalized spacial score (nSPS) is 10.7. The first kappa shape index (κ1) is 23.0. The van der Waals surface area contributed by atoms with Crippen molar-refractivity contribution >= 4 is 5.97 Å². The third kappa shape index (κ3) is 19.1. The summed E-state index contributed by atoms with van der Waals surface area (Å²) in [6, 6.07) is 0. The summed E-state index contributed by atoms with van der Waals surface area (Å²) in [7, 11) is 0. The quantitative estimate of drug-likeness (QED) is 0.266. The topological polar surface area (TPSA) is 49.3 Å². The minimum atomic E-state index is -0.666. The van der Waals surface area contributed by atoms with Gasteiger partial charge in [0.05, 0.1) is 0 Å². The number of carboxylic acid groups (broad SMARTS) is 1. The van der Waals surface area contributed by atoms with Crippen LogP contribution in [-0.4, -0.2) is 17.6 Å². The van der Waals surface area contributed by atoms with Crippen LogP contribution in [0.2, 0.25) is 0 Å². The van der Waals surface area contributed by atoms with Crippen LogP contribution in [0, 0.1) is 0 Å². The molecular formula is C21H41NO2. The number of aliphatic carboxylic acids is 1. The highest BCUT2D eigenvalue weighted by atomic mass is 16.4. The first-order valence-electron chi connectivity index (χ1n) is 10.3.